The largest absolute Gasteiger partial charge is 0.394 e. The van der Waals surface area contributed by atoms with Crippen LogP contribution in [0.5, 0.6) is 0 Å². The van der Waals surface area contributed by atoms with E-state index >= 15 is 0 Å². The number of rotatable bonds is 14. The van der Waals surface area contributed by atoms with Gasteiger partial charge < -0.3 is 33.5 Å². The van der Waals surface area contributed by atoms with Crippen LogP contribution in [0.4, 0.5) is 0 Å². The highest BCUT2D eigenvalue weighted by Gasteiger charge is 2.14. The van der Waals surface area contributed by atoms with E-state index < -0.39 is 0 Å². The number of ether oxygens (including phenoxy) is 6. The van der Waals surface area contributed by atoms with Gasteiger partial charge in [-0.15, -0.1) is 0 Å². The van der Waals surface area contributed by atoms with Crippen LogP contribution in [-0.4, -0.2) is 84.1 Å². The van der Waals surface area contributed by atoms with E-state index in [1.807, 2.05) is 0 Å². The summed E-state index contributed by atoms with van der Waals surface area (Å²) in [4.78, 5) is 0. The quantitative estimate of drug-likeness (QED) is 0.445. The van der Waals surface area contributed by atoms with E-state index in [9.17, 15) is 0 Å². The molecule has 1 aliphatic heterocycles. The zero-order valence-electron chi connectivity index (χ0n) is 12.0. The first-order valence-corrected chi connectivity index (χ1v) is 7.08. The third kappa shape index (κ3) is 10.5. The van der Waals surface area contributed by atoms with E-state index in [4.69, 9.17) is 33.5 Å². The highest BCUT2D eigenvalue weighted by atomic mass is 16.7. The molecule has 0 aromatic rings. The van der Waals surface area contributed by atoms with Crippen LogP contribution in [0.1, 0.15) is 6.42 Å². The molecule has 1 saturated heterocycles. The first kappa shape index (κ1) is 17.8. The number of aliphatic hydroxyl groups is 1. The van der Waals surface area contributed by atoms with Gasteiger partial charge in [-0.3, -0.25) is 0 Å². The molecule has 120 valence electrons. The predicted molar refractivity (Wildman–Crippen MR) is 70.7 cm³/mol. The third-order valence-corrected chi connectivity index (χ3v) is 2.54. The Labute approximate surface area is 120 Å². The molecule has 0 aromatic carbocycles. The molecule has 0 aliphatic carbocycles. The van der Waals surface area contributed by atoms with Crippen molar-refractivity contribution in [2.75, 3.05) is 72.7 Å². The van der Waals surface area contributed by atoms with E-state index in [0.29, 0.717) is 66.1 Å². The van der Waals surface area contributed by atoms with Crippen LogP contribution in [0.3, 0.4) is 0 Å². The van der Waals surface area contributed by atoms with Crippen LogP contribution in [-0.2, 0) is 28.4 Å². The molecule has 0 spiro atoms. The molecule has 1 fully saturated rings. The van der Waals surface area contributed by atoms with Gasteiger partial charge in [-0.05, 0) is 0 Å². The second-order valence-corrected chi connectivity index (χ2v) is 4.13. The Bertz CT molecular complexity index is 197. The zero-order valence-corrected chi connectivity index (χ0v) is 12.0. The Balaban J connectivity index is 1.66. The molecule has 0 atom stereocenters. The van der Waals surface area contributed by atoms with Crippen molar-refractivity contribution in [2.24, 2.45) is 0 Å². The molecular formula is C13H26O7. The lowest BCUT2D eigenvalue weighted by molar-refractivity contribution is -0.0659. The minimum Gasteiger partial charge on any atom is -0.394 e. The smallest absolute Gasteiger partial charge is 0.160 e. The zero-order chi connectivity index (χ0) is 14.3. The predicted octanol–water partition coefficient (Wildman–Crippen LogP) is -0.192. The number of aliphatic hydroxyl groups excluding tert-OH is 1. The van der Waals surface area contributed by atoms with Crippen molar-refractivity contribution in [1.82, 2.24) is 0 Å². The minimum absolute atomic E-state index is 0.0438. The Hall–Kier alpha value is -0.280. The highest BCUT2D eigenvalue weighted by molar-refractivity contribution is 4.51. The second-order valence-electron chi connectivity index (χ2n) is 4.13. The Morgan fingerprint density at radius 1 is 0.700 bits per heavy atom. The van der Waals surface area contributed by atoms with Crippen LogP contribution >= 0.6 is 0 Å². The second kappa shape index (κ2) is 13.7. The Morgan fingerprint density at radius 2 is 1.15 bits per heavy atom. The van der Waals surface area contributed by atoms with E-state index in [1.54, 1.807) is 0 Å². The molecule has 0 amide bonds. The first-order chi connectivity index (χ1) is 9.93. The maximum Gasteiger partial charge on any atom is 0.160 e. The van der Waals surface area contributed by atoms with Gasteiger partial charge in [-0.2, -0.15) is 0 Å². The summed E-state index contributed by atoms with van der Waals surface area (Å²) in [6.07, 6.45) is 0.661. The summed E-state index contributed by atoms with van der Waals surface area (Å²) in [7, 11) is 0. The van der Waals surface area contributed by atoms with Crippen LogP contribution in [0, 0.1) is 0 Å². The Morgan fingerprint density at radius 3 is 1.65 bits per heavy atom. The van der Waals surface area contributed by atoms with Gasteiger partial charge in [0.05, 0.1) is 72.7 Å². The van der Waals surface area contributed by atoms with Crippen LogP contribution in [0.15, 0.2) is 0 Å². The summed E-state index contributed by atoms with van der Waals surface area (Å²) in [5.41, 5.74) is 0. The van der Waals surface area contributed by atoms with E-state index in [2.05, 4.69) is 0 Å². The van der Waals surface area contributed by atoms with Crippen molar-refractivity contribution in [3.63, 3.8) is 0 Å². The fourth-order valence-corrected chi connectivity index (χ4v) is 1.58. The van der Waals surface area contributed by atoms with E-state index in [0.717, 1.165) is 6.42 Å². The fraction of sp³-hybridized carbons (Fsp3) is 1.00. The average molecular weight is 294 g/mol. The number of hydrogen-bond donors (Lipinski definition) is 1. The molecule has 1 heterocycles. The molecule has 0 aromatic heterocycles. The lowest BCUT2D eigenvalue weighted by Crippen LogP contribution is -2.14. The van der Waals surface area contributed by atoms with Crippen molar-refractivity contribution >= 4 is 0 Å². The maximum absolute atomic E-state index is 8.48. The summed E-state index contributed by atoms with van der Waals surface area (Å²) in [6.45, 7) is 5.57. The van der Waals surface area contributed by atoms with Gasteiger partial charge in [0.25, 0.3) is 0 Å². The van der Waals surface area contributed by atoms with Crippen molar-refractivity contribution in [3.8, 4) is 0 Å². The van der Waals surface area contributed by atoms with E-state index in [1.165, 1.54) is 0 Å². The van der Waals surface area contributed by atoms with Crippen LogP contribution < -0.4 is 0 Å². The van der Waals surface area contributed by atoms with E-state index in [-0.39, 0.29) is 12.9 Å². The normalized spacial score (nSPS) is 16.1. The fourth-order valence-electron chi connectivity index (χ4n) is 1.58. The summed E-state index contributed by atoms with van der Waals surface area (Å²) >= 11 is 0. The molecule has 1 N–H and O–H groups in total. The Kier molecular flexibility index (Phi) is 12.2. The molecule has 0 bridgehead atoms. The van der Waals surface area contributed by atoms with Gasteiger partial charge in [-0.25, -0.2) is 0 Å². The van der Waals surface area contributed by atoms with Crippen molar-refractivity contribution in [3.05, 3.63) is 0 Å². The van der Waals surface area contributed by atoms with Gasteiger partial charge in [0, 0.05) is 6.42 Å². The molecule has 7 nitrogen and oxygen atoms in total. The van der Waals surface area contributed by atoms with Gasteiger partial charge in [0.1, 0.15) is 0 Å². The molecule has 1 rings (SSSR count). The van der Waals surface area contributed by atoms with Crippen molar-refractivity contribution < 1.29 is 33.5 Å². The topological polar surface area (TPSA) is 75.6 Å². The van der Waals surface area contributed by atoms with Gasteiger partial charge >= 0.3 is 0 Å². The standard InChI is InChI=1S/C13H26O7/c14-2-4-16-6-8-18-10-9-17-7-5-15-3-1-13-19-11-12-20-13/h13-14H,1-12H2. The average Bonchev–Trinajstić information content (AvgIpc) is 2.97. The third-order valence-electron chi connectivity index (χ3n) is 2.54. The summed E-state index contributed by atoms with van der Waals surface area (Å²) < 4.78 is 31.6. The molecule has 1 aliphatic rings. The monoisotopic (exact) mass is 294 g/mol. The highest BCUT2D eigenvalue weighted by Crippen LogP contribution is 2.07. The van der Waals surface area contributed by atoms with Crippen LogP contribution in [0.2, 0.25) is 0 Å². The van der Waals surface area contributed by atoms with Gasteiger partial charge in [-0.1, -0.05) is 0 Å². The van der Waals surface area contributed by atoms with Gasteiger partial charge in [0.2, 0.25) is 0 Å². The molecular weight excluding hydrogens is 268 g/mol. The molecule has 7 heteroatoms. The summed E-state index contributed by atoms with van der Waals surface area (Å²) in [5.74, 6) is 0. The molecule has 0 unspecified atom stereocenters. The van der Waals surface area contributed by atoms with Gasteiger partial charge in [0.15, 0.2) is 6.29 Å². The maximum atomic E-state index is 8.48. The van der Waals surface area contributed by atoms with Crippen molar-refractivity contribution in [2.45, 2.75) is 12.7 Å². The minimum atomic E-state index is -0.0997. The van der Waals surface area contributed by atoms with Crippen LogP contribution in [0.25, 0.3) is 0 Å². The molecule has 0 radical (unpaired) electrons. The summed E-state index contributed by atoms with van der Waals surface area (Å²) in [5, 5.41) is 8.48. The first-order valence-electron chi connectivity index (χ1n) is 7.08. The number of hydrogen-bond acceptors (Lipinski definition) is 7. The summed E-state index contributed by atoms with van der Waals surface area (Å²) in [6, 6.07) is 0. The lowest BCUT2D eigenvalue weighted by Gasteiger charge is -2.09. The molecule has 20 heavy (non-hydrogen) atoms. The SMILES string of the molecule is OCCOCCOCCOCCOCCC1OCCO1. The lowest BCUT2D eigenvalue weighted by atomic mass is 10.4. The molecule has 0 saturated carbocycles. The van der Waals surface area contributed by atoms with Crippen molar-refractivity contribution in [1.29, 1.82) is 0 Å².